The van der Waals surface area contributed by atoms with E-state index in [2.05, 4.69) is 32.4 Å². The largest absolute Gasteiger partial charge is 0.390 e. The number of alkyl halides is 2. The van der Waals surface area contributed by atoms with Crippen LogP contribution in [0.1, 0.15) is 48.2 Å². The van der Waals surface area contributed by atoms with Crippen molar-refractivity contribution in [1.29, 1.82) is 0 Å². The second-order valence-corrected chi connectivity index (χ2v) is 9.97. The molecule has 180 valence electrons. The number of thiazole rings is 1. The summed E-state index contributed by atoms with van der Waals surface area (Å²) in [6.07, 6.45) is 3.97. The Morgan fingerprint density at radius 3 is 2.88 bits per heavy atom. The molecule has 1 saturated heterocycles. The summed E-state index contributed by atoms with van der Waals surface area (Å²) in [6.45, 7) is 0.964. The smallest absolute Gasteiger partial charge is 0.272 e. The Bertz CT molecular complexity index is 1270. The fourth-order valence-corrected chi connectivity index (χ4v) is 5.67. The lowest BCUT2D eigenvalue weighted by atomic mass is 9.89. The van der Waals surface area contributed by atoms with Crippen molar-refractivity contribution in [2.45, 2.75) is 57.1 Å². The fourth-order valence-electron chi connectivity index (χ4n) is 4.76. The maximum atomic E-state index is 14.8. The van der Waals surface area contributed by atoms with Gasteiger partial charge in [0.15, 0.2) is 5.13 Å². The summed E-state index contributed by atoms with van der Waals surface area (Å²) >= 11 is 1.41. The number of likely N-dealkylation sites (tertiary alicyclic amines) is 1. The molecule has 3 heterocycles. The van der Waals surface area contributed by atoms with Gasteiger partial charge in [-0.15, -0.1) is 0 Å². The number of aryl methyl sites for hydroxylation is 2. The molecule has 8 nitrogen and oxygen atoms in total. The van der Waals surface area contributed by atoms with Gasteiger partial charge in [-0.25, -0.2) is 18.7 Å². The molecule has 34 heavy (non-hydrogen) atoms. The van der Waals surface area contributed by atoms with E-state index in [1.807, 2.05) is 0 Å². The molecule has 0 unspecified atom stereocenters. The topological polar surface area (TPSA) is 111 Å². The summed E-state index contributed by atoms with van der Waals surface area (Å²) in [4.78, 5) is 37.2. The van der Waals surface area contributed by atoms with E-state index in [1.165, 1.54) is 22.5 Å². The number of nitrogens with zero attached hydrogens (tertiary/aromatic N) is 3. The highest BCUT2D eigenvalue weighted by molar-refractivity contribution is 7.22. The second-order valence-electron chi connectivity index (χ2n) is 8.94. The highest BCUT2D eigenvalue weighted by Gasteiger charge is 2.47. The van der Waals surface area contributed by atoms with Crippen LogP contribution in [0.3, 0.4) is 0 Å². The van der Waals surface area contributed by atoms with Crippen LogP contribution in [-0.4, -0.2) is 55.9 Å². The maximum Gasteiger partial charge on any atom is 0.272 e. The van der Waals surface area contributed by atoms with E-state index in [0.29, 0.717) is 5.13 Å². The predicted octanol–water partition coefficient (Wildman–Crippen LogP) is 2.81. The van der Waals surface area contributed by atoms with E-state index in [0.717, 1.165) is 35.7 Å². The first-order chi connectivity index (χ1) is 16.2. The lowest BCUT2D eigenvalue weighted by Crippen LogP contribution is -2.52. The molecule has 2 aliphatic rings. The van der Waals surface area contributed by atoms with Gasteiger partial charge in [-0.2, -0.15) is 0 Å². The highest BCUT2D eigenvalue weighted by atomic mass is 32.1. The van der Waals surface area contributed by atoms with Gasteiger partial charge in [0, 0.05) is 25.7 Å². The van der Waals surface area contributed by atoms with E-state index in [1.54, 1.807) is 11.8 Å². The molecule has 2 aromatic heterocycles. The zero-order valence-corrected chi connectivity index (χ0v) is 19.4. The Balaban J connectivity index is 1.32. The molecule has 2 atom stereocenters. The number of nitrogens with one attached hydrogen (secondary N) is 2. The highest BCUT2D eigenvalue weighted by Crippen LogP contribution is 2.40. The van der Waals surface area contributed by atoms with E-state index in [-0.39, 0.29) is 30.4 Å². The molecule has 5 rings (SSSR count). The number of aromatic nitrogens is 3. The molecule has 3 N–H and O–H groups in total. The van der Waals surface area contributed by atoms with Gasteiger partial charge >= 0.3 is 0 Å². The first-order valence-corrected chi connectivity index (χ1v) is 12.1. The van der Waals surface area contributed by atoms with Crippen LogP contribution >= 0.6 is 11.3 Å². The number of anilines is 1. The second kappa shape index (κ2) is 8.79. The molecule has 0 spiro atoms. The summed E-state index contributed by atoms with van der Waals surface area (Å²) in [6, 6.07) is 3.56. The third kappa shape index (κ3) is 4.23. The molecule has 1 fully saturated rings. The maximum absolute atomic E-state index is 14.8. The summed E-state index contributed by atoms with van der Waals surface area (Å²) in [5.74, 6) is -4.69. The Labute approximate surface area is 198 Å². The molecular formula is C23H25F2N5O3S. The zero-order valence-electron chi connectivity index (χ0n) is 18.6. The van der Waals surface area contributed by atoms with Crippen molar-refractivity contribution in [3.8, 4) is 0 Å². The average molecular weight is 490 g/mol. The minimum absolute atomic E-state index is 0.00909. The lowest BCUT2D eigenvalue weighted by Gasteiger charge is -2.40. The van der Waals surface area contributed by atoms with E-state index < -0.39 is 36.5 Å². The van der Waals surface area contributed by atoms with Crippen LogP contribution in [0.25, 0.3) is 10.2 Å². The number of rotatable bonds is 5. The van der Waals surface area contributed by atoms with Crippen LogP contribution in [0.15, 0.2) is 23.1 Å². The Morgan fingerprint density at radius 2 is 2.12 bits per heavy atom. The molecule has 11 heteroatoms. The van der Waals surface area contributed by atoms with Crippen LogP contribution in [0, 0.1) is 0 Å². The van der Waals surface area contributed by atoms with Gasteiger partial charge in [-0.3, -0.25) is 14.5 Å². The predicted molar refractivity (Wildman–Crippen MR) is 124 cm³/mol. The summed E-state index contributed by atoms with van der Waals surface area (Å²) < 4.78 is 30.5. The molecule has 1 aliphatic heterocycles. The number of amides is 1. The number of carbonyl (C=O) groups excluding carboxylic acids is 1. The van der Waals surface area contributed by atoms with Crippen LogP contribution in [0.2, 0.25) is 0 Å². The Hall–Kier alpha value is -2.76. The van der Waals surface area contributed by atoms with Gasteiger partial charge in [-0.05, 0) is 49.4 Å². The van der Waals surface area contributed by atoms with Crippen LogP contribution in [0.5, 0.6) is 0 Å². The molecule has 3 aromatic rings. The van der Waals surface area contributed by atoms with E-state index in [4.69, 9.17) is 0 Å². The van der Waals surface area contributed by atoms with Gasteiger partial charge in [0.2, 0.25) is 5.91 Å². The average Bonchev–Trinajstić information content (AvgIpc) is 3.42. The summed E-state index contributed by atoms with van der Waals surface area (Å²) in [5, 5.41) is 12.6. The quantitative estimate of drug-likeness (QED) is 0.508. The summed E-state index contributed by atoms with van der Waals surface area (Å²) in [7, 11) is 0. The van der Waals surface area contributed by atoms with Gasteiger partial charge in [0.25, 0.3) is 11.5 Å². The van der Waals surface area contributed by atoms with Gasteiger partial charge in [-0.1, -0.05) is 11.3 Å². The number of aliphatic hydroxyl groups is 1. The zero-order chi connectivity index (χ0) is 24.0. The number of carbonyl (C=O) groups is 1. The van der Waals surface area contributed by atoms with Crippen LogP contribution in [0.4, 0.5) is 13.9 Å². The number of piperidine rings is 1. The van der Waals surface area contributed by atoms with Gasteiger partial charge in [0.1, 0.15) is 5.69 Å². The molecule has 0 radical (unpaired) electrons. The van der Waals surface area contributed by atoms with Gasteiger partial charge < -0.3 is 15.4 Å². The van der Waals surface area contributed by atoms with Crippen molar-refractivity contribution >= 4 is 32.6 Å². The fraction of sp³-hybridized carbons (Fsp3) is 0.478. The van der Waals surface area contributed by atoms with Crippen molar-refractivity contribution in [1.82, 2.24) is 19.9 Å². The molecule has 1 aromatic carbocycles. The number of benzene rings is 1. The van der Waals surface area contributed by atoms with Crippen LogP contribution < -0.4 is 10.9 Å². The number of aliphatic hydroxyl groups excluding tert-OH is 1. The number of hydrogen-bond acceptors (Lipinski definition) is 7. The molecule has 1 aliphatic carbocycles. The number of H-pyrrole nitrogens is 1. The first kappa shape index (κ1) is 23.0. The van der Waals surface area contributed by atoms with E-state index >= 15 is 0 Å². The van der Waals surface area contributed by atoms with Gasteiger partial charge in [0.05, 0.1) is 34.5 Å². The third-order valence-electron chi connectivity index (χ3n) is 6.80. The summed E-state index contributed by atoms with van der Waals surface area (Å²) in [5.41, 5.74) is 2.67. The monoisotopic (exact) mass is 489 g/mol. The van der Waals surface area contributed by atoms with Crippen molar-refractivity contribution in [3.63, 3.8) is 0 Å². The molecule has 0 bridgehead atoms. The third-order valence-corrected chi connectivity index (χ3v) is 7.74. The normalized spacial score (nSPS) is 20.9. The number of aromatic amines is 1. The SMILES string of the molecule is C[C@@H](C(=O)Nc1nc2cc3c(cc2s1)CCC3)N1CCC(F)(F)[C@@H](c2c[nH]c(=O)c(CO)n2)C1. The Morgan fingerprint density at radius 1 is 1.35 bits per heavy atom. The minimum Gasteiger partial charge on any atom is -0.390 e. The van der Waals surface area contributed by atoms with E-state index in [9.17, 15) is 23.5 Å². The number of fused-ring (bicyclic) bond motifs is 2. The standard InChI is InChI=1S/C23H25F2N5O3S/c1-12(20(32)29-22-28-16-7-13-3-2-4-14(13)8-19(16)34-22)30-6-5-23(24,25)15(10-30)17-9-26-21(33)18(11-31)27-17/h7-9,12,15,31H,2-6,10-11H2,1H3,(H,26,33)(H,28,29,32)/t12-,15+/m0/s1. The number of hydrogen-bond donors (Lipinski definition) is 3. The van der Waals surface area contributed by atoms with Crippen molar-refractivity contribution < 1.29 is 18.7 Å². The van der Waals surface area contributed by atoms with Crippen molar-refractivity contribution in [3.05, 3.63) is 51.2 Å². The molecular weight excluding hydrogens is 464 g/mol. The lowest BCUT2D eigenvalue weighted by molar-refractivity contribution is -0.125. The van der Waals surface area contributed by atoms with Crippen molar-refractivity contribution in [2.24, 2.45) is 0 Å². The van der Waals surface area contributed by atoms with Crippen LogP contribution in [-0.2, 0) is 24.2 Å². The molecule has 0 saturated carbocycles. The minimum atomic E-state index is -3.06. The first-order valence-electron chi connectivity index (χ1n) is 11.3. The molecule has 1 amide bonds. The van der Waals surface area contributed by atoms with Crippen molar-refractivity contribution in [2.75, 3.05) is 18.4 Å². The number of halogens is 2. The Kier molecular flexibility index (Phi) is 5.95.